The van der Waals surface area contributed by atoms with E-state index in [2.05, 4.69) is 17.2 Å². The van der Waals surface area contributed by atoms with Crippen LogP contribution >= 0.6 is 0 Å². The Balaban J connectivity index is 1.44. The Hall–Kier alpha value is -7.88. The lowest BCUT2D eigenvalue weighted by Gasteiger charge is -2.46. The van der Waals surface area contributed by atoms with Crippen LogP contribution in [0.15, 0.2) is 133 Å². The Morgan fingerprint density at radius 2 is 1.42 bits per heavy atom. The second-order valence-corrected chi connectivity index (χ2v) is 17.1. The average molecular weight is 980 g/mol. The highest BCUT2D eigenvalue weighted by Crippen LogP contribution is 2.66. The summed E-state index contributed by atoms with van der Waals surface area (Å²) in [6.45, 7) is -1.21. The molecule has 2 fully saturated rings. The molecule has 0 aromatic heterocycles. The van der Waals surface area contributed by atoms with Crippen LogP contribution in [0, 0.1) is 23.7 Å². The van der Waals surface area contributed by atoms with E-state index in [4.69, 9.17) is 28.4 Å². The van der Waals surface area contributed by atoms with Crippen LogP contribution < -0.4 is 15.0 Å². The lowest BCUT2D eigenvalue weighted by molar-refractivity contribution is -0.178. The molecule has 3 aliphatic rings. The van der Waals surface area contributed by atoms with Gasteiger partial charge in [0.15, 0.2) is 5.92 Å². The van der Waals surface area contributed by atoms with E-state index in [9.17, 15) is 24.6 Å². The first-order valence-electron chi connectivity index (χ1n) is 23.2. The summed E-state index contributed by atoms with van der Waals surface area (Å²) in [4.78, 5) is 90.2. The van der Waals surface area contributed by atoms with Crippen LogP contribution in [-0.4, -0.2) is 111 Å². The van der Waals surface area contributed by atoms with Gasteiger partial charge < -0.3 is 44.0 Å². The summed E-state index contributed by atoms with van der Waals surface area (Å²) in [5, 5.41) is 24.4. The lowest BCUT2D eigenvalue weighted by Crippen LogP contribution is -2.56. The SMILES string of the molecule is COCCOC(=O)N1C(=O)C2(c3cc(C#CCC(C(=O)OC)C(=O)OC)ccc31)C(C(=O)NCC(O)c1ccccc1)C1C(=O)OC(c3ccccc3)C(c3ccccc3)N1C2c1ccccc1OCCO. The molecule has 3 N–H and O–H groups in total. The van der Waals surface area contributed by atoms with E-state index >= 15 is 14.4 Å². The van der Waals surface area contributed by atoms with Gasteiger partial charge in [0.2, 0.25) is 11.8 Å². The number of methoxy groups -OCH3 is 3. The van der Waals surface area contributed by atoms with Crippen LogP contribution in [0.4, 0.5) is 10.5 Å². The first-order valence-corrected chi connectivity index (χ1v) is 23.2. The zero-order valence-corrected chi connectivity index (χ0v) is 39.7. The minimum absolute atomic E-state index is 0.0000670. The number of cyclic esters (lactones) is 1. The number of carbonyl (C=O) groups excluding carboxylic acids is 6. The average Bonchev–Trinajstić information content (AvgIpc) is 3.87. The molecule has 5 aromatic carbocycles. The topological polar surface area (TPSA) is 217 Å². The maximum absolute atomic E-state index is 16.5. The Labute approximate surface area is 415 Å². The van der Waals surface area contributed by atoms with Gasteiger partial charge in [-0.3, -0.25) is 28.9 Å². The second-order valence-electron chi connectivity index (χ2n) is 17.1. The van der Waals surface area contributed by atoms with E-state index in [1.807, 2.05) is 48.5 Å². The number of para-hydroxylation sites is 1. The van der Waals surface area contributed by atoms with Gasteiger partial charge in [0.25, 0.3) is 0 Å². The molecule has 72 heavy (non-hydrogen) atoms. The number of aliphatic hydroxyl groups excluding tert-OH is 2. The summed E-state index contributed by atoms with van der Waals surface area (Å²) >= 11 is 0. The van der Waals surface area contributed by atoms with E-state index < -0.39 is 90.0 Å². The number of rotatable bonds is 16. The molecular formula is C55H53N3O14. The van der Waals surface area contributed by atoms with Gasteiger partial charge in [-0.2, -0.15) is 0 Å². The Morgan fingerprint density at radius 3 is 2.07 bits per heavy atom. The Morgan fingerprint density at radius 1 is 0.778 bits per heavy atom. The fourth-order valence-corrected chi connectivity index (χ4v) is 10.1. The van der Waals surface area contributed by atoms with Gasteiger partial charge in [0.05, 0.1) is 57.2 Å². The second kappa shape index (κ2) is 22.5. The molecule has 0 saturated carbocycles. The number of amides is 3. The van der Waals surface area contributed by atoms with Gasteiger partial charge in [0.1, 0.15) is 36.5 Å². The highest BCUT2D eigenvalue weighted by Gasteiger charge is 2.76. The zero-order valence-electron chi connectivity index (χ0n) is 39.7. The monoisotopic (exact) mass is 979 g/mol. The van der Waals surface area contributed by atoms with Crippen molar-refractivity contribution >= 4 is 41.5 Å². The number of aliphatic hydroxyl groups is 2. The molecule has 2 saturated heterocycles. The van der Waals surface area contributed by atoms with Gasteiger partial charge in [-0.25, -0.2) is 9.69 Å². The van der Waals surface area contributed by atoms with E-state index in [1.54, 1.807) is 71.6 Å². The van der Waals surface area contributed by atoms with Crippen LogP contribution in [0.1, 0.15) is 64.1 Å². The van der Waals surface area contributed by atoms with Crippen molar-refractivity contribution in [3.05, 3.63) is 167 Å². The normalized spacial score (nSPS) is 21.4. The highest BCUT2D eigenvalue weighted by molar-refractivity contribution is 6.23. The van der Waals surface area contributed by atoms with Crippen molar-refractivity contribution in [1.82, 2.24) is 10.2 Å². The lowest BCUT2D eigenvalue weighted by atomic mass is 9.65. The van der Waals surface area contributed by atoms with E-state index in [1.165, 1.54) is 25.3 Å². The maximum Gasteiger partial charge on any atom is 0.421 e. The van der Waals surface area contributed by atoms with Crippen molar-refractivity contribution in [2.24, 2.45) is 11.8 Å². The molecule has 3 amide bonds. The highest BCUT2D eigenvalue weighted by atomic mass is 16.6. The van der Waals surface area contributed by atoms with Gasteiger partial charge in [0, 0.05) is 31.2 Å². The molecular weight excluding hydrogens is 927 g/mol. The molecule has 7 atom stereocenters. The molecule has 7 unspecified atom stereocenters. The van der Waals surface area contributed by atoms with Crippen LogP contribution in [0.3, 0.4) is 0 Å². The van der Waals surface area contributed by atoms with E-state index in [-0.39, 0.29) is 55.4 Å². The Bertz CT molecular complexity index is 2840. The summed E-state index contributed by atoms with van der Waals surface area (Å²) in [7, 11) is 3.67. The van der Waals surface area contributed by atoms with Crippen molar-refractivity contribution in [1.29, 1.82) is 0 Å². The molecule has 0 radical (unpaired) electrons. The standard InChI is InChI=1S/C55H53N3O14/c1-67-30-31-71-54(66)57-41-27-26-34(16-15-24-39(50(62)68-2)51(63)69-3)32-40(41)55(53(57)65)44(49(61)56-33-42(60)35-17-7-4-8-18-35)46-52(64)72-47(37-21-11-6-12-22-37)45(36-19-9-5-10-20-36)58(46)48(55)38-23-13-14-25-43(38)70-29-28-59/h4-14,17-23,25-27,32,39,42,44-48,59-60H,24,28-31,33H2,1-3H3,(H,56,61). The van der Waals surface area contributed by atoms with Crippen molar-refractivity contribution in [2.75, 3.05) is 59.2 Å². The minimum Gasteiger partial charge on any atom is -0.491 e. The maximum atomic E-state index is 16.5. The molecule has 0 aliphatic carbocycles. The number of benzene rings is 5. The number of carbonyl (C=O) groups is 6. The van der Waals surface area contributed by atoms with Crippen LogP contribution in [0.5, 0.6) is 5.75 Å². The molecule has 1 spiro atoms. The summed E-state index contributed by atoms with van der Waals surface area (Å²) < 4.78 is 33.3. The number of ether oxygens (including phenoxy) is 6. The quantitative estimate of drug-likeness (QED) is 0.0387. The van der Waals surface area contributed by atoms with Gasteiger partial charge in [-0.1, -0.05) is 121 Å². The first-order chi connectivity index (χ1) is 35.0. The van der Waals surface area contributed by atoms with Crippen molar-refractivity contribution in [2.45, 2.75) is 42.2 Å². The van der Waals surface area contributed by atoms with Gasteiger partial charge in [-0.05, 0) is 46.5 Å². The molecule has 3 heterocycles. The molecule has 17 nitrogen and oxygen atoms in total. The number of imide groups is 1. The number of nitrogens with zero attached hydrogens (tertiary/aromatic N) is 2. The van der Waals surface area contributed by atoms with Crippen LogP contribution in [0.2, 0.25) is 0 Å². The van der Waals surface area contributed by atoms with E-state index in [0.717, 1.165) is 19.1 Å². The van der Waals surface area contributed by atoms with Crippen molar-refractivity contribution in [3.63, 3.8) is 0 Å². The number of hydrogen-bond donors (Lipinski definition) is 3. The van der Waals surface area contributed by atoms with Crippen molar-refractivity contribution < 1.29 is 67.4 Å². The number of esters is 3. The fourth-order valence-electron chi connectivity index (χ4n) is 10.1. The van der Waals surface area contributed by atoms with Gasteiger partial charge in [-0.15, -0.1) is 0 Å². The summed E-state index contributed by atoms with van der Waals surface area (Å²) in [6.07, 6.45) is -3.70. The number of nitrogens with one attached hydrogen (secondary N) is 1. The predicted octanol–water partition coefficient (Wildman–Crippen LogP) is 5.06. The summed E-state index contributed by atoms with van der Waals surface area (Å²) in [5.41, 5.74) is 0.0594. The number of morpholine rings is 1. The third-order valence-corrected chi connectivity index (χ3v) is 13.2. The molecule has 17 heteroatoms. The summed E-state index contributed by atoms with van der Waals surface area (Å²) in [6, 6.07) is 34.2. The number of anilines is 1. The molecule has 8 rings (SSSR count). The molecule has 5 aromatic rings. The van der Waals surface area contributed by atoms with Crippen LogP contribution in [-0.2, 0) is 53.1 Å². The molecule has 0 bridgehead atoms. The summed E-state index contributed by atoms with van der Waals surface area (Å²) in [5.74, 6) is -1.50. The predicted molar refractivity (Wildman–Crippen MR) is 258 cm³/mol. The Kier molecular flexibility index (Phi) is 15.8. The third kappa shape index (κ3) is 9.52. The number of fused-ring (bicyclic) bond motifs is 3. The van der Waals surface area contributed by atoms with Crippen molar-refractivity contribution in [3.8, 4) is 17.6 Å². The van der Waals surface area contributed by atoms with Crippen LogP contribution in [0.25, 0.3) is 0 Å². The largest absolute Gasteiger partial charge is 0.491 e. The minimum atomic E-state index is -2.28. The fraction of sp³-hybridized carbons (Fsp3) is 0.309. The molecule has 372 valence electrons. The smallest absolute Gasteiger partial charge is 0.421 e. The first kappa shape index (κ1) is 50.5. The van der Waals surface area contributed by atoms with Gasteiger partial charge >= 0.3 is 24.0 Å². The third-order valence-electron chi connectivity index (χ3n) is 13.2. The van der Waals surface area contributed by atoms with E-state index in [0.29, 0.717) is 22.3 Å². The molecule has 3 aliphatic heterocycles. The number of hydrogen-bond acceptors (Lipinski definition) is 15. The zero-order chi connectivity index (χ0) is 50.9.